The van der Waals surface area contributed by atoms with Gasteiger partial charge in [0.15, 0.2) is 0 Å². The molecule has 0 saturated heterocycles. The number of amides is 1. The first-order valence-electron chi connectivity index (χ1n) is 6.27. The topological polar surface area (TPSA) is 125 Å². The van der Waals surface area contributed by atoms with Crippen LogP contribution in [0.1, 0.15) is 19.4 Å². The van der Waals surface area contributed by atoms with Crippen LogP contribution in [0, 0.1) is 10.1 Å². The van der Waals surface area contributed by atoms with Crippen molar-refractivity contribution in [1.82, 2.24) is 5.32 Å². The lowest BCUT2D eigenvalue weighted by atomic mass is 10.2. The maximum atomic E-state index is 11.7. The van der Waals surface area contributed by atoms with E-state index in [1.807, 2.05) is 0 Å². The molecule has 0 aliphatic carbocycles. The number of rotatable bonds is 6. The first-order chi connectivity index (χ1) is 9.81. The van der Waals surface area contributed by atoms with Crippen molar-refractivity contribution in [3.63, 3.8) is 0 Å². The van der Waals surface area contributed by atoms with Gasteiger partial charge in [-0.3, -0.25) is 14.9 Å². The molecule has 1 aromatic carbocycles. The van der Waals surface area contributed by atoms with E-state index in [4.69, 9.17) is 10.5 Å². The molecule has 1 aromatic rings. The Morgan fingerprint density at radius 2 is 1.90 bits per heavy atom. The lowest BCUT2D eigenvalue weighted by molar-refractivity contribution is -0.384. The van der Waals surface area contributed by atoms with Gasteiger partial charge in [0.1, 0.15) is 12.6 Å². The molecule has 2 atom stereocenters. The number of non-ortho nitro benzene ring substituents is 1. The standard InChI is InChI=1S/C13H17N3O5/c1-8(14)12(17)15-9(2)13(18)21-7-10-3-5-11(6-4-10)16(19)20/h3-6,8-9H,7,14H2,1-2H3,(H,15,17)/t8-,9-/m0/s1. The minimum atomic E-state index is -0.818. The van der Waals surface area contributed by atoms with E-state index in [1.165, 1.54) is 38.1 Å². The molecule has 0 unspecified atom stereocenters. The maximum absolute atomic E-state index is 11.7. The third kappa shape index (κ3) is 5.19. The maximum Gasteiger partial charge on any atom is 0.328 e. The number of benzene rings is 1. The van der Waals surface area contributed by atoms with Crippen LogP contribution < -0.4 is 11.1 Å². The van der Waals surface area contributed by atoms with Gasteiger partial charge in [-0.15, -0.1) is 0 Å². The van der Waals surface area contributed by atoms with E-state index >= 15 is 0 Å². The number of nitro benzene ring substituents is 1. The van der Waals surface area contributed by atoms with Gasteiger partial charge < -0.3 is 15.8 Å². The quantitative estimate of drug-likeness (QED) is 0.447. The smallest absolute Gasteiger partial charge is 0.328 e. The number of hydrogen-bond acceptors (Lipinski definition) is 6. The Kier molecular flexibility index (Phi) is 5.79. The first kappa shape index (κ1) is 16.6. The van der Waals surface area contributed by atoms with Crippen molar-refractivity contribution in [2.24, 2.45) is 5.73 Å². The summed E-state index contributed by atoms with van der Waals surface area (Å²) in [6.07, 6.45) is 0. The molecule has 0 aliphatic rings. The third-order valence-corrected chi connectivity index (χ3v) is 2.65. The van der Waals surface area contributed by atoms with Crippen LogP contribution in [0.4, 0.5) is 5.69 Å². The number of nitro groups is 1. The van der Waals surface area contributed by atoms with Gasteiger partial charge in [-0.2, -0.15) is 0 Å². The molecule has 3 N–H and O–H groups in total. The summed E-state index contributed by atoms with van der Waals surface area (Å²) in [6, 6.07) is 4.11. The van der Waals surface area contributed by atoms with Crippen molar-refractivity contribution in [3.8, 4) is 0 Å². The first-order valence-corrected chi connectivity index (χ1v) is 6.27. The largest absolute Gasteiger partial charge is 0.459 e. The predicted octanol–water partition coefficient (Wildman–Crippen LogP) is 0.490. The average molecular weight is 295 g/mol. The summed E-state index contributed by atoms with van der Waals surface area (Å²) >= 11 is 0. The molecule has 8 nitrogen and oxygen atoms in total. The molecule has 0 spiro atoms. The normalized spacial score (nSPS) is 13.1. The summed E-state index contributed by atoms with van der Waals surface area (Å²) in [5, 5.41) is 12.9. The zero-order valence-corrected chi connectivity index (χ0v) is 11.7. The second-order valence-electron chi connectivity index (χ2n) is 4.55. The van der Waals surface area contributed by atoms with Crippen LogP contribution in [0.25, 0.3) is 0 Å². The SMILES string of the molecule is C[C@H](N)C(=O)N[C@@H](C)C(=O)OCc1ccc([N+](=O)[O-])cc1. The van der Waals surface area contributed by atoms with Crippen LogP contribution in [0.15, 0.2) is 24.3 Å². The second kappa shape index (κ2) is 7.34. The molecule has 21 heavy (non-hydrogen) atoms. The number of nitrogens with two attached hydrogens (primary N) is 1. The highest BCUT2D eigenvalue weighted by molar-refractivity contribution is 5.86. The van der Waals surface area contributed by atoms with Crippen LogP contribution in [-0.2, 0) is 20.9 Å². The van der Waals surface area contributed by atoms with E-state index in [2.05, 4.69) is 5.32 Å². The number of carbonyl (C=O) groups excluding carboxylic acids is 2. The Bertz CT molecular complexity index is 527. The van der Waals surface area contributed by atoms with Gasteiger partial charge in [0.05, 0.1) is 11.0 Å². The van der Waals surface area contributed by atoms with Crippen molar-refractivity contribution in [1.29, 1.82) is 0 Å². The molecule has 0 bridgehead atoms. The van der Waals surface area contributed by atoms with Crippen LogP contribution in [0.2, 0.25) is 0 Å². The molecule has 1 rings (SSSR count). The molecule has 0 radical (unpaired) electrons. The lowest BCUT2D eigenvalue weighted by Crippen LogP contribution is -2.46. The monoisotopic (exact) mass is 295 g/mol. The van der Waals surface area contributed by atoms with Gasteiger partial charge in [0.25, 0.3) is 5.69 Å². The fourth-order valence-corrected chi connectivity index (χ4v) is 1.40. The van der Waals surface area contributed by atoms with Crippen LogP contribution in [0.3, 0.4) is 0 Å². The highest BCUT2D eigenvalue weighted by Crippen LogP contribution is 2.12. The summed E-state index contributed by atoms with van der Waals surface area (Å²) in [7, 11) is 0. The number of carbonyl (C=O) groups is 2. The molecule has 1 amide bonds. The molecular weight excluding hydrogens is 278 g/mol. The van der Waals surface area contributed by atoms with Crippen molar-refractivity contribution < 1.29 is 19.2 Å². The molecule has 0 fully saturated rings. The number of esters is 1. The zero-order valence-electron chi connectivity index (χ0n) is 11.7. The minimum absolute atomic E-state index is 0.0325. The average Bonchev–Trinajstić information content (AvgIpc) is 2.44. The third-order valence-electron chi connectivity index (χ3n) is 2.65. The van der Waals surface area contributed by atoms with E-state index in [9.17, 15) is 19.7 Å². The molecular formula is C13H17N3O5. The van der Waals surface area contributed by atoms with Gasteiger partial charge >= 0.3 is 5.97 Å². The summed E-state index contributed by atoms with van der Waals surface area (Å²) in [5.41, 5.74) is 5.94. The van der Waals surface area contributed by atoms with E-state index in [1.54, 1.807) is 0 Å². The Balaban J connectivity index is 2.48. The zero-order chi connectivity index (χ0) is 16.0. The van der Waals surface area contributed by atoms with Crippen molar-refractivity contribution >= 4 is 17.6 Å². The Hall–Kier alpha value is -2.48. The fraction of sp³-hybridized carbons (Fsp3) is 0.385. The molecule has 114 valence electrons. The van der Waals surface area contributed by atoms with E-state index in [-0.39, 0.29) is 12.3 Å². The number of nitrogens with zero attached hydrogens (tertiary/aromatic N) is 1. The molecule has 0 heterocycles. The molecule has 0 aliphatic heterocycles. The summed E-state index contributed by atoms with van der Waals surface area (Å²) in [5.74, 6) is -1.06. The fourth-order valence-electron chi connectivity index (χ4n) is 1.40. The predicted molar refractivity (Wildman–Crippen MR) is 74.1 cm³/mol. The summed E-state index contributed by atoms with van der Waals surface area (Å²) in [6.45, 7) is 2.96. The van der Waals surface area contributed by atoms with Gasteiger partial charge in [-0.1, -0.05) is 0 Å². The van der Waals surface area contributed by atoms with Crippen LogP contribution in [-0.4, -0.2) is 28.9 Å². The number of ether oxygens (including phenoxy) is 1. The molecule has 8 heteroatoms. The van der Waals surface area contributed by atoms with Crippen molar-refractivity contribution in [2.75, 3.05) is 0 Å². The second-order valence-corrected chi connectivity index (χ2v) is 4.55. The number of hydrogen-bond donors (Lipinski definition) is 2. The Morgan fingerprint density at radius 1 is 1.33 bits per heavy atom. The van der Waals surface area contributed by atoms with Gasteiger partial charge in [-0.25, -0.2) is 4.79 Å². The van der Waals surface area contributed by atoms with Crippen LogP contribution >= 0.6 is 0 Å². The van der Waals surface area contributed by atoms with Crippen molar-refractivity contribution in [3.05, 3.63) is 39.9 Å². The number of nitrogens with one attached hydrogen (secondary N) is 1. The van der Waals surface area contributed by atoms with Gasteiger partial charge in [0, 0.05) is 12.1 Å². The van der Waals surface area contributed by atoms with E-state index in [0.717, 1.165) is 0 Å². The lowest BCUT2D eigenvalue weighted by Gasteiger charge is -2.14. The summed E-state index contributed by atoms with van der Waals surface area (Å²) < 4.78 is 5.01. The summed E-state index contributed by atoms with van der Waals surface area (Å²) in [4.78, 5) is 33.0. The van der Waals surface area contributed by atoms with E-state index in [0.29, 0.717) is 5.56 Å². The molecule has 0 saturated carbocycles. The van der Waals surface area contributed by atoms with E-state index < -0.39 is 28.9 Å². The molecule has 0 aromatic heterocycles. The van der Waals surface area contributed by atoms with Gasteiger partial charge in [-0.05, 0) is 31.5 Å². The van der Waals surface area contributed by atoms with Crippen LogP contribution in [0.5, 0.6) is 0 Å². The van der Waals surface area contributed by atoms with Gasteiger partial charge in [0.2, 0.25) is 5.91 Å². The highest BCUT2D eigenvalue weighted by Gasteiger charge is 2.18. The Labute approximate surface area is 121 Å². The minimum Gasteiger partial charge on any atom is -0.459 e. The Morgan fingerprint density at radius 3 is 2.38 bits per heavy atom. The van der Waals surface area contributed by atoms with Crippen molar-refractivity contribution in [2.45, 2.75) is 32.5 Å². The highest BCUT2D eigenvalue weighted by atomic mass is 16.6.